The van der Waals surface area contributed by atoms with Gasteiger partial charge < -0.3 is 15.4 Å². The number of benzene rings is 2. The van der Waals surface area contributed by atoms with Crippen molar-refractivity contribution in [2.45, 2.75) is 13.0 Å². The molecule has 0 bridgehead atoms. The van der Waals surface area contributed by atoms with Crippen molar-refractivity contribution in [3.63, 3.8) is 0 Å². The van der Waals surface area contributed by atoms with E-state index >= 15 is 0 Å². The van der Waals surface area contributed by atoms with Gasteiger partial charge in [-0.15, -0.1) is 24.0 Å². The van der Waals surface area contributed by atoms with Gasteiger partial charge in [0.05, 0.1) is 7.11 Å². The number of ether oxygens (including phenoxy) is 1. The zero-order valence-electron chi connectivity index (χ0n) is 13.9. The van der Waals surface area contributed by atoms with Crippen LogP contribution in [0, 0.1) is 5.82 Å². The second kappa shape index (κ2) is 10.9. The number of halogens is 2. The molecule has 2 rings (SSSR count). The third kappa shape index (κ3) is 6.74. The van der Waals surface area contributed by atoms with Gasteiger partial charge in [0.1, 0.15) is 11.6 Å². The molecule has 2 aromatic carbocycles. The van der Waals surface area contributed by atoms with E-state index in [0.29, 0.717) is 13.1 Å². The van der Waals surface area contributed by atoms with Crippen molar-refractivity contribution in [2.24, 2.45) is 4.99 Å². The summed E-state index contributed by atoms with van der Waals surface area (Å²) in [5.41, 5.74) is 2.10. The molecule has 0 unspecified atom stereocenters. The fraction of sp³-hybridized carbons (Fsp3) is 0.278. The van der Waals surface area contributed by atoms with Crippen molar-refractivity contribution in [3.8, 4) is 5.75 Å². The van der Waals surface area contributed by atoms with Crippen LogP contribution in [0.3, 0.4) is 0 Å². The van der Waals surface area contributed by atoms with Gasteiger partial charge in [0.25, 0.3) is 0 Å². The van der Waals surface area contributed by atoms with Gasteiger partial charge in [-0.25, -0.2) is 4.39 Å². The SMILES string of the molecule is CN=C(NCCc1cccc(F)c1)NCc1ccc(OC)cc1.I. The number of hydrogen-bond acceptors (Lipinski definition) is 2. The third-order valence-corrected chi connectivity index (χ3v) is 3.44. The molecule has 2 N–H and O–H groups in total. The molecule has 2 aromatic rings. The van der Waals surface area contributed by atoms with Crippen LogP contribution in [0.2, 0.25) is 0 Å². The Morgan fingerprint density at radius 1 is 1.08 bits per heavy atom. The Labute approximate surface area is 159 Å². The summed E-state index contributed by atoms with van der Waals surface area (Å²) < 4.78 is 18.3. The molecule has 0 atom stereocenters. The lowest BCUT2D eigenvalue weighted by Crippen LogP contribution is -2.37. The summed E-state index contributed by atoms with van der Waals surface area (Å²) in [5, 5.41) is 6.47. The second-order valence-electron chi connectivity index (χ2n) is 5.08. The van der Waals surface area contributed by atoms with E-state index in [4.69, 9.17) is 4.74 Å². The van der Waals surface area contributed by atoms with Gasteiger partial charge in [-0.2, -0.15) is 0 Å². The molecule has 0 saturated carbocycles. The average molecular weight is 443 g/mol. The van der Waals surface area contributed by atoms with Crippen LogP contribution < -0.4 is 15.4 Å². The normalized spacial score (nSPS) is 10.7. The molecule has 0 aromatic heterocycles. The van der Waals surface area contributed by atoms with E-state index in [1.165, 1.54) is 6.07 Å². The number of aliphatic imine (C=N–C) groups is 1. The highest BCUT2D eigenvalue weighted by Gasteiger charge is 2.00. The smallest absolute Gasteiger partial charge is 0.191 e. The molecular formula is C18H23FIN3O. The van der Waals surface area contributed by atoms with E-state index in [0.717, 1.165) is 29.3 Å². The number of hydrogen-bond donors (Lipinski definition) is 2. The van der Waals surface area contributed by atoms with E-state index in [1.54, 1.807) is 26.3 Å². The minimum atomic E-state index is -0.204. The Hall–Kier alpha value is -1.83. The van der Waals surface area contributed by atoms with Crippen molar-refractivity contribution >= 4 is 29.9 Å². The van der Waals surface area contributed by atoms with Crippen LogP contribution in [0.1, 0.15) is 11.1 Å². The standard InChI is InChI=1S/C18H22FN3O.HI/c1-20-18(21-11-10-14-4-3-5-16(19)12-14)22-13-15-6-8-17(23-2)9-7-15;/h3-9,12H,10-11,13H2,1-2H3,(H2,20,21,22);1H. The zero-order chi connectivity index (χ0) is 16.5. The van der Waals surface area contributed by atoms with Crippen molar-refractivity contribution in [2.75, 3.05) is 20.7 Å². The molecule has 0 fully saturated rings. The highest BCUT2D eigenvalue weighted by Crippen LogP contribution is 2.10. The zero-order valence-corrected chi connectivity index (χ0v) is 16.2. The summed E-state index contributed by atoms with van der Waals surface area (Å²) in [6.45, 7) is 1.36. The number of guanidine groups is 1. The lowest BCUT2D eigenvalue weighted by Gasteiger charge is -2.12. The van der Waals surface area contributed by atoms with Gasteiger partial charge >= 0.3 is 0 Å². The van der Waals surface area contributed by atoms with Crippen LogP contribution in [-0.2, 0) is 13.0 Å². The van der Waals surface area contributed by atoms with Crippen molar-refractivity contribution in [3.05, 3.63) is 65.5 Å². The monoisotopic (exact) mass is 443 g/mol. The van der Waals surface area contributed by atoms with Crippen LogP contribution in [0.25, 0.3) is 0 Å². The number of nitrogens with one attached hydrogen (secondary N) is 2. The summed E-state index contributed by atoms with van der Waals surface area (Å²) in [5.74, 6) is 1.35. The van der Waals surface area contributed by atoms with Gasteiger partial charge in [0.2, 0.25) is 0 Å². The first-order valence-electron chi connectivity index (χ1n) is 7.53. The molecule has 130 valence electrons. The minimum Gasteiger partial charge on any atom is -0.497 e. The Kier molecular flexibility index (Phi) is 9.14. The molecule has 6 heteroatoms. The van der Waals surface area contributed by atoms with Gasteiger partial charge in [-0.05, 0) is 41.8 Å². The van der Waals surface area contributed by atoms with Crippen LogP contribution in [0.5, 0.6) is 5.75 Å². The van der Waals surface area contributed by atoms with Gasteiger partial charge in [-0.3, -0.25) is 4.99 Å². The van der Waals surface area contributed by atoms with Gasteiger partial charge in [-0.1, -0.05) is 24.3 Å². The highest BCUT2D eigenvalue weighted by atomic mass is 127. The van der Waals surface area contributed by atoms with Crippen LogP contribution in [0.15, 0.2) is 53.5 Å². The average Bonchev–Trinajstić information content (AvgIpc) is 2.58. The fourth-order valence-corrected chi connectivity index (χ4v) is 2.17. The summed E-state index contributed by atoms with van der Waals surface area (Å²) in [4.78, 5) is 4.18. The first-order chi connectivity index (χ1) is 11.2. The summed E-state index contributed by atoms with van der Waals surface area (Å²) in [6.07, 6.45) is 0.737. The molecule has 4 nitrogen and oxygen atoms in total. The molecule has 24 heavy (non-hydrogen) atoms. The molecule has 0 amide bonds. The minimum absolute atomic E-state index is 0. The molecule has 0 radical (unpaired) electrons. The molecule has 0 spiro atoms. The molecule has 0 aliphatic heterocycles. The highest BCUT2D eigenvalue weighted by molar-refractivity contribution is 14.0. The predicted molar refractivity (Wildman–Crippen MR) is 107 cm³/mol. The predicted octanol–water partition coefficient (Wildman–Crippen LogP) is 3.36. The summed E-state index contributed by atoms with van der Waals surface area (Å²) in [7, 11) is 3.38. The van der Waals surface area contributed by atoms with Crippen LogP contribution in [0.4, 0.5) is 4.39 Å². The van der Waals surface area contributed by atoms with E-state index in [1.807, 2.05) is 30.3 Å². The largest absolute Gasteiger partial charge is 0.497 e. The Balaban J connectivity index is 0.00000288. The second-order valence-corrected chi connectivity index (χ2v) is 5.08. The lowest BCUT2D eigenvalue weighted by atomic mass is 10.1. The maximum Gasteiger partial charge on any atom is 0.191 e. The van der Waals surface area contributed by atoms with E-state index in [-0.39, 0.29) is 29.8 Å². The quantitative estimate of drug-likeness (QED) is 0.409. The maximum atomic E-state index is 13.1. The maximum absolute atomic E-state index is 13.1. The van der Waals surface area contributed by atoms with Gasteiger partial charge in [0, 0.05) is 20.1 Å². The number of methoxy groups -OCH3 is 1. The fourth-order valence-electron chi connectivity index (χ4n) is 2.17. The molecule has 0 heterocycles. The van der Waals surface area contributed by atoms with Crippen LogP contribution in [-0.4, -0.2) is 26.7 Å². The Bertz CT molecular complexity index is 647. The van der Waals surface area contributed by atoms with Crippen molar-refractivity contribution in [1.29, 1.82) is 0 Å². The summed E-state index contributed by atoms with van der Waals surface area (Å²) in [6, 6.07) is 14.5. The molecular weight excluding hydrogens is 420 g/mol. The first kappa shape index (κ1) is 20.2. The van der Waals surface area contributed by atoms with E-state index in [2.05, 4.69) is 15.6 Å². The molecule has 0 aliphatic carbocycles. The molecule has 0 aliphatic rings. The summed E-state index contributed by atoms with van der Waals surface area (Å²) >= 11 is 0. The lowest BCUT2D eigenvalue weighted by molar-refractivity contribution is 0.414. The topological polar surface area (TPSA) is 45.7 Å². The Morgan fingerprint density at radius 3 is 2.46 bits per heavy atom. The number of rotatable bonds is 6. The third-order valence-electron chi connectivity index (χ3n) is 3.44. The van der Waals surface area contributed by atoms with Crippen molar-refractivity contribution in [1.82, 2.24) is 10.6 Å². The van der Waals surface area contributed by atoms with Gasteiger partial charge in [0.15, 0.2) is 5.96 Å². The van der Waals surface area contributed by atoms with E-state index in [9.17, 15) is 4.39 Å². The molecule has 0 saturated heterocycles. The van der Waals surface area contributed by atoms with Crippen molar-refractivity contribution < 1.29 is 9.13 Å². The first-order valence-corrected chi connectivity index (χ1v) is 7.53. The van der Waals surface area contributed by atoms with E-state index < -0.39 is 0 Å². The van der Waals surface area contributed by atoms with Crippen LogP contribution >= 0.6 is 24.0 Å². The number of nitrogens with zero attached hydrogens (tertiary/aromatic N) is 1. The Morgan fingerprint density at radius 2 is 1.83 bits per heavy atom.